The van der Waals surface area contributed by atoms with Gasteiger partial charge in [-0.15, -0.1) is 0 Å². The van der Waals surface area contributed by atoms with E-state index in [1.165, 1.54) is 11.1 Å². The molecule has 0 bridgehead atoms. The highest BCUT2D eigenvalue weighted by molar-refractivity contribution is 6.02. The Labute approximate surface area is 409 Å². The number of fused-ring (bicyclic) bond motifs is 2. The second-order valence-electron chi connectivity index (χ2n) is 18.9. The molecule has 70 heavy (non-hydrogen) atoms. The molecule has 0 saturated carbocycles. The van der Waals surface area contributed by atoms with Crippen LogP contribution >= 0.6 is 0 Å². The average Bonchev–Trinajstić information content (AvgIpc) is 3.99. The number of aryl methyl sites for hydroxylation is 1. The summed E-state index contributed by atoms with van der Waals surface area (Å²) in [5.41, 5.74) is 16.7. The SMILES string of the molecule is C/C(=N\c1ccccc1C)C1=CCC(c2nc(-c3ccc(-c4nc5ccccc5n4-c4cccc(C(C)C)c4)cc3)nc(-c3ccc(-c4nc5ccccc5n4-c4cccc(C(C)C)c4)cc3)n2)C=C1. The zero-order valence-electron chi connectivity index (χ0n) is 40.4. The van der Waals surface area contributed by atoms with Crippen LogP contribution in [0.5, 0.6) is 0 Å². The molecule has 10 aromatic rings. The number of benzene rings is 7. The molecule has 1 aliphatic rings. The van der Waals surface area contributed by atoms with Crippen LogP contribution in [0.3, 0.4) is 0 Å². The number of allylic oxidation sites excluding steroid dienone is 4. The molecule has 342 valence electrons. The van der Waals surface area contributed by atoms with E-state index in [-0.39, 0.29) is 5.92 Å². The summed E-state index contributed by atoms with van der Waals surface area (Å²) in [6, 6.07) is 59.4. The lowest BCUT2D eigenvalue weighted by Gasteiger charge is -2.17. The van der Waals surface area contributed by atoms with Gasteiger partial charge in [-0.1, -0.05) is 161 Å². The predicted molar refractivity (Wildman–Crippen MR) is 288 cm³/mol. The standard InChI is InChI=1S/C62H54N8/c1-39(2)49-16-13-18-51(37-49)69-56-23-11-9-21-54(56)64-61(69)47-33-29-45(30-34-47)59-66-58(44-27-25-43(26-28-44)42(6)63-53-20-8-7-15-41(53)5)67-60(68-59)46-31-35-48(36-32-46)62-65-55-22-10-12-24-57(55)70(62)52-19-14-17-50(38-52)40(3)4/h7-27,29-40,44H,28H2,1-6H3/b63-42+. The van der Waals surface area contributed by atoms with Crippen molar-refractivity contribution in [1.29, 1.82) is 0 Å². The molecule has 0 spiro atoms. The van der Waals surface area contributed by atoms with Crippen LogP contribution in [0.25, 0.3) is 79.0 Å². The molecule has 8 heteroatoms. The highest BCUT2D eigenvalue weighted by Crippen LogP contribution is 2.35. The Morgan fingerprint density at radius 2 is 1.01 bits per heavy atom. The van der Waals surface area contributed by atoms with Crippen molar-refractivity contribution in [3.05, 3.63) is 216 Å². The number of para-hydroxylation sites is 5. The fourth-order valence-electron chi connectivity index (χ4n) is 9.38. The van der Waals surface area contributed by atoms with Gasteiger partial charge in [0.2, 0.25) is 0 Å². The van der Waals surface area contributed by atoms with Gasteiger partial charge >= 0.3 is 0 Å². The fraction of sp³-hybridized carbons (Fsp3) is 0.161. The highest BCUT2D eigenvalue weighted by atomic mass is 15.1. The van der Waals surface area contributed by atoms with Gasteiger partial charge in [0, 0.05) is 45.3 Å². The smallest absolute Gasteiger partial charge is 0.163 e. The van der Waals surface area contributed by atoms with Gasteiger partial charge in [0.05, 0.1) is 27.8 Å². The lowest BCUT2D eigenvalue weighted by Crippen LogP contribution is -2.10. The quantitative estimate of drug-likeness (QED) is 0.121. The van der Waals surface area contributed by atoms with Crippen LogP contribution < -0.4 is 0 Å². The minimum atomic E-state index is -0.0583. The molecule has 0 N–H and O–H groups in total. The minimum Gasteiger partial charge on any atom is -0.292 e. The molecule has 0 amide bonds. The van der Waals surface area contributed by atoms with Gasteiger partial charge in [-0.3, -0.25) is 14.1 Å². The Bertz CT molecular complexity index is 3470. The van der Waals surface area contributed by atoms with Gasteiger partial charge < -0.3 is 0 Å². The number of rotatable bonds is 11. The number of nitrogens with zero attached hydrogens (tertiary/aromatic N) is 8. The number of imidazole rings is 2. The molecule has 11 rings (SSSR count). The van der Waals surface area contributed by atoms with Crippen LogP contribution in [0.15, 0.2) is 199 Å². The zero-order valence-corrected chi connectivity index (χ0v) is 40.4. The maximum atomic E-state index is 5.22. The molecule has 0 aliphatic heterocycles. The van der Waals surface area contributed by atoms with Crippen LogP contribution in [-0.2, 0) is 0 Å². The Morgan fingerprint density at radius 3 is 1.50 bits per heavy atom. The van der Waals surface area contributed by atoms with Crippen LogP contribution in [0.1, 0.15) is 81.3 Å². The van der Waals surface area contributed by atoms with Gasteiger partial charge in [0.1, 0.15) is 17.5 Å². The summed E-state index contributed by atoms with van der Waals surface area (Å²) in [7, 11) is 0. The first kappa shape index (κ1) is 44.2. The Hall–Kier alpha value is -8.36. The number of hydrogen-bond donors (Lipinski definition) is 0. The predicted octanol–water partition coefficient (Wildman–Crippen LogP) is 15.5. The third-order valence-corrected chi connectivity index (χ3v) is 13.4. The van der Waals surface area contributed by atoms with Crippen LogP contribution in [0.4, 0.5) is 5.69 Å². The molecule has 0 radical (unpaired) electrons. The van der Waals surface area contributed by atoms with Crippen molar-refractivity contribution in [2.75, 3.05) is 0 Å². The van der Waals surface area contributed by atoms with Crippen LogP contribution in [0, 0.1) is 6.92 Å². The monoisotopic (exact) mass is 910 g/mol. The normalized spacial score (nSPS) is 14.0. The molecule has 7 aromatic carbocycles. The van der Waals surface area contributed by atoms with Crippen molar-refractivity contribution in [2.45, 2.75) is 65.7 Å². The molecule has 1 unspecified atom stereocenters. The number of hydrogen-bond acceptors (Lipinski definition) is 6. The van der Waals surface area contributed by atoms with Crippen LogP contribution in [0.2, 0.25) is 0 Å². The first-order valence-electron chi connectivity index (χ1n) is 24.3. The summed E-state index contributed by atoms with van der Waals surface area (Å²) in [4.78, 5) is 31.0. The second kappa shape index (κ2) is 18.6. The van der Waals surface area contributed by atoms with Gasteiger partial charge in [0.25, 0.3) is 0 Å². The summed E-state index contributed by atoms with van der Waals surface area (Å²) in [6.07, 6.45) is 7.35. The van der Waals surface area contributed by atoms with Crippen molar-refractivity contribution in [2.24, 2.45) is 4.99 Å². The van der Waals surface area contributed by atoms with Crippen molar-refractivity contribution in [3.63, 3.8) is 0 Å². The summed E-state index contributed by atoms with van der Waals surface area (Å²) in [5.74, 6) is 4.44. The molecule has 3 heterocycles. The lowest BCUT2D eigenvalue weighted by atomic mass is 9.94. The van der Waals surface area contributed by atoms with Gasteiger partial charge in [-0.25, -0.2) is 24.9 Å². The van der Waals surface area contributed by atoms with E-state index in [2.05, 4.69) is 214 Å². The first-order chi connectivity index (χ1) is 34.1. The average molecular weight is 911 g/mol. The van der Waals surface area contributed by atoms with E-state index in [9.17, 15) is 0 Å². The second-order valence-corrected chi connectivity index (χ2v) is 18.9. The van der Waals surface area contributed by atoms with Crippen molar-refractivity contribution in [3.8, 4) is 56.9 Å². The van der Waals surface area contributed by atoms with Gasteiger partial charge in [0.15, 0.2) is 11.6 Å². The van der Waals surface area contributed by atoms with E-state index in [0.717, 1.165) is 96.3 Å². The largest absolute Gasteiger partial charge is 0.292 e. The molecule has 0 fully saturated rings. The van der Waals surface area contributed by atoms with Gasteiger partial charge in [-0.2, -0.15) is 0 Å². The molecule has 3 aromatic heterocycles. The zero-order chi connectivity index (χ0) is 47.9. The fourth-order valence-corrected chi connectivity index (χ4v) is 9.38. The summed E-state index contributed by atoms with van der Waals surface area (Å²) >= 11 is 0. The molecular weight excluding hydrogens is 857 g/mol. The summed E-state index contributed by atoms with van der Waals surface area (Å²) in [6.45, 7) is 13.1. The van der Waals surface area contributed by atoms with Crippen molar-refractivity contribution >= 4 is 33.5 Å². The lowest BCUT2D eigenvalue weighted by molar-refractivity contribution is 0.762. The number of aliphatic imine (C=N–C) groups is 1. The van der Waals surface area contributed by atoms with E-state index in [1.54, 1.807) is 0 Å². The van der Waals surface area contributed by atoms with Gasteiger partial charge in [-0.05, 0) is 109 Å². The number of aromatic nitrogens is 7. The van der Waals surface area contributed by atoms with E-state index < -0.39 is 0 Å². The summed E-state index contributed by atoms with van der Waals surface area (Å²) < 4.78 is 4.53. The van der Waals surface area contributed by atoms with E-state index in [1.807, 2.05) is 24.3 Å². The topological polar surface area (TPSA) is 86.7 Å². The Kier molecular flexibility index (Phi) is 11.7. The van der Waals surface area contributed by atoms with Crippen molar-refractivity contribution < 1.29 is 0 Å². The summed E-state index contributed by atoms with van der Waals surface area (Å²) in [5, 5.41) is 0. The molecule has 1 atom stereocenters. The Balaban J connectivity index is 0.975. The van der Waals surface area contributed by atoms with Crippen molar-refractivity contribution in [1.82, 2.24) is 34.1 Å². The van der Waals surface area contributed by atoms with Crippen LogP contribution in [-0.4, -0.2) is 39.8 Å². The van der Waals surface area contributed by atoms with E-state index in [4.69, 9.17) is 29.9 Å². The first-order valence-corrected chi connectivity index (χ1v) is 24.3. The third-order valence-electron chi connectivity index (χ3n) is 13.4. The van der Waals surface area contributed by atoms with E-state index in [0.29, 0.717) is 29.3 Å². The molecule has 1 aliphatic carbocycles. The highest BCUT2D eigenvalue weighted by Gasteiger charge is 2.22. The minimum absolute atomic E-state index is 0.0583. The maximum absolute atomic E-state index is 5.22. The molecule has 0 saturated heterocycles. The molecule has 8 nitrogen and oxygen atoms in total. The Morgan fingerprint density at radius 1 is 0.529 bits per heavy atom. The van der Waals surface area contributed by atoms with E-state index >= 15 is 0 Å². The maximum Gasteiger partial charge on any atom is 0.163 e. The molecular formula is C62H54N8. The third kappa shape index (κ3) is 8.58.